The molecule has 0 aliphatic rings. The minimum atomic E-state index is -1.89. The third-order valence-corrected chi connectivity index (χ3v) is 4.92. The van der Waals surface area contributed by atoms with Gasteiger partial charge >= 0.3 is 5.69 Å². The van der Waals surface area contributed by atoms with Crippen LogP contribution in [0.3, 0.4) is 0 Å². The van der Waals surface area contributed by atoms with Crippen LogP contribution in [0.2, 0.25) is 19.1 Å². The van der Waals surface area contributed by atoms with Crippen LogP contribution in [0.5, 0.6) is 5.75 Å². The number of nitrogens with zero attached hydrogens (tertiary/aromatic N) is 1. The molecule has 1 rings (SSSR count). The molecule has 0 aliphatic heterocycles. The first-order valence-electron chi connectivity index (χ1n) is 5.74. The lowest BCUT2D eigenvalue weighted by molar-refractivity contribution is -0.385. The van der Waals surface area contributed by atoms with Crippen molar-refractivity contribution in [3.8, 4) is 5.75 Å². The summed E-state index contributed by atoms with van der Waals surface area (Å²) in [6.07, 6.45) is 0. The van der Waals surface area contributed by atoms with Crippen LogP contribution in [0.15, 0.2) is 24.3 Å². The van der Waals surface area contributed by atoms with Gasteiger partial charge in [0.05, 0.1) is 4.92 Å². The van der Waals surface area contributed by atoms with Gasteiger partial charge in [0.1, 0.15) is 0 Å². The largest absolute Gasteiger partial charge is 0.539 e. The molecule has 0 amide bonds. The maximum Gasteiger partial charge on any atom is 0.309 e. The van der Waals surface area contributed by atoms with Gasteiger partial charge in [-0.1, -0.05) is 26.0 Å². The van der Waals surface area contributed by atoms with Gasteiger partial charge in [-0.2, -0.15) is 0 Å². The normalized spacial score (nSPS) is 11.6. The molecule has 0 aromatic heterocycles. The van der Waals surface area contributed by atoms with Gasteiger partial charge in [-0.15, -0.1) is 0 Å². The zero-order valence-corrected chi connectivity index (χ0v) is 11.8. The van der Waals surface area contributed by atoms with Crippen molar-refractivity contribution in [2.75, 3.05) is 0 Å². The zero-order valence-electron chi connectivity index (χ0n) is 10.8. The predicted octanol–water partition coefficient (Wildman–Crippen LogP) is 3.83. The number of nitro benzene ring substituents is 1. The van der Waals surface area contributed by atoms with Crippen LogP contribution in [0.4, 0.5) is 5.69 Å². The van der Waals surface area contributed by atoms with E-state index in [1.807, 2.05) is 0 Å². The molecular formula is C12H19NO3Si. The van der Waals surface area contributed by atoms with Gasteiger partial charge in [-0.25, -0.2) is 0 Å². The predicted molar refractivity (Wildman–Crippen MR) is 70.9 cm³/mol. The van der Waals surface area contributed by atoms with E-state index in [9.17, 15) is 10.1 Å². The van der Waals surface area contributed by atoms with Gasteiger partial charge in [-0.3, -0.25) is 10.1 Å². The Labute approximate surface area is 103 Å². The number of hydrogen-bond acceptors (Lipinski definition) is 3. The molecule has 0 radical (unpaired) electrons. The average molecular weight is 253 g/mol. The fourth-order valence-corrected chi connectivity index (χ4v) is 4.83. The van der Waals surface area contributed by atoms with Gasteiger partial charge in [0.15, 0.2) is 5.75 Å². The number of benzene rings is 1. The Kier molecular flexibility index (Phi) is 4.28. The third-order valence-electron chi connectivity index (χ3n) is 2.35. The van der Waals surface area contributed by atoms with E-state index < -0.39 is 13.2 Å². The molecule has 0 unspecified atom stereocenters. The lowest BCUT2D eigenvalue weighted by atomic mass is 10.3. The van der Waals surface area contributed by atoms with Crippen LogP contribution in [0.1, 0.15) is 13.8 Å². The van der Waals surface area contributed by atoms with Gasteiger partial charge < -0.3 is 4.43 Å². The molecule has 0 heterocycles. The second kappa shape index (κ2) is 5.31. The van der Waals surface area contributed by atoms with E-state index in [2.05, 4.69) is 26.9 Å². The summed E-state index contributed by atoms with van der Waals surface area (Å²) in [6, 6.07) is 7.56. The molecule has 0 N–H and O–H groups in total. The number of hydrogen-bond donors (Lipinski definition) is 0. The third kappa shape index (κ3) is 4.18. The molecule has 1 aromatic carbocycles. The van der Waals surface area contributed by atoms with E-state index in [4.69, 9.17) is 4.43 Å². The van der Waals surface area contributed by atoms with Gasteiger partial charge in [0.25, 0.3) is 0 Å². The highest BCUT2D eigenvalue weighted by Crippen LogP contribution is 2.30. The minimum Gasteiger partial charge on any atom is -0.539 e. The van der Waals surface area contributed by atoms with E-state index in [1.165, 1.54) is 6.07 Å². The molecule has 1 aromatic rings. The van der Waals surface area contributed by atoms with Crippen molar-refractivity contribution >= 4 is 14.0 Å². The van der Waals surface area contributed by atoms with Crippen molar-refractivity contribution in [2.45, 2.75) is 33.0 Å². The maximum atomic E-state index is 10.9. The first-order chi connectivity index (χ1) is 7.82. The Morgan fingerprint density at radius 1 is 1.35 bits per heavy atom. The molecule has 0 bridgehead atoms. The van der Waals surface area contributed by atoms with Crippen LogP contribution >= 0.6 is 0 Å². The molecule has 0 saturated heterocycles. The highest BCUT2D eigenvalue weighted by atomic mass is 28.4. The van der Waals surface area contributed by atoms with Crippen molar-refractivity contribution < 1.29 is 9.35 Å². The van der Waals surface area contributed by atoms with E-state index in [1.54, 1.807) is 18.2 Å². The topological polar surface area (TPSA) is 52.4 Å². The lowest BCUT2D eigenvalue weighted by Crippen LogP contribution is -2.35. The monoisotopic (exact) mass is 253 g/mol. The Balaban J connectivity index is 2.91. The SMILES string of the molecule is CC(C)C[Si](C)(C)Oc1ccccc1[N+](=O)[O-]. The van der Waals surface area contributed by atoms with Crippen LogP contribution in [-0.4, -0.2) is 13.2 Å². The molecule has 94 valence electrons. The number of rotatable bonds is 5. The first-order valence-corrected chi connectivity index (χ1v) is 8.86. The van der Waals surface area contributed by atoms with E-state index in [0.717, 1.165) is 6.04 Å². The standard InChI is InChI=1S/C12H19NO3Si/c1-10(2)9-17(3,4)16-12-8-6-5-7-11(12)13(14)15/h5-8,10H,9H2,1-4H3. The van der Waals surface area contributed by atoms with E-state index in [0.29, 0.717) is 11.7 Å². The van der Waals surface area contributed by atoms with Crippen molar-refractivity contribution in [3.63, 3.8) is 0 Å². The molecule has 0 atom stereocenters. The van der Waals surface area contributed by atoms with Crippen molar-refractivity contribution in [2.24, 2.45) is 5.92 Å². The van der Waals surface area contributed by atoms with Crippen LogP contribution in [-0.2, 0) is 0 Å². The second-order valence-corrected chi connectivity index (χ2v) is 9.32. The van der Waals surface area contributed by atoms with Crippen LogP contribution in [0.25, 0.3) is 0 Å². The molecular weight excluding hydrogens is 234 g/mol. The molecule has 0 fully saturated rings. The van der Waals surface area contributed by atoms with Crippen molar-refractivity contribution in [3.05, 3.63) is 34.4 Å². The fraction of sp³-hybridized carbons (Fsp3) is 0.500. The Bertz CT molecular complexity index is 404. The van der Waals surface area contributed by atoms with Crippen molar-refractivity contribution in [1.82, 2.24) is 0 Å². The molecule has 0 saturated carbocycles. The summed E-state index contributed by atoms with van der Waals surface area (Å²) in [6.45, 7) is 8.45. The van der Waals surface area contributed by atoms with E-state index in [-0.39, 0.29) is 5.69 Å². The van der Waals surface area contributed by atoms with Crippen LogP contribution < -0.4 is 4.43 Å². The summed E-state index contributed by atoms with van der Waals surface area (Å²) in [5, 5.41) is 10.9. The molecule has 0 aliphatic carbocycles. The summed E-state index contributed by atoms with van der Waals surface area (Å²) in [7, 11) is -1.89. The quantitative estimate of drug-likeness (QED) is 0.455. The summed E-state index contributed by atoms with van der Waals surface area (Å²) in [5.74, 6) is 0.939. The second-order valence-electron chi connectivity index (χ2n) is 5.18. The lowest BCUT2D eigenvalue weighted by Gasteiger charge is -2.25. The fourth-order valence-electron chi connectivity index (χ4n) is 2.02. The Morgan fingerprint density at radius 2 is 1.94 bits per heavy atom. The maximum absolute atomic E-state index is 10.9. The number of nitro groups is 1. The van der Waals surface area contributed by atoms with Gasteiger partial charge in [0.2, 0.25) is 8.32 Å². The molecule has 5 heteroatoms. The summed E-state index contributed by atoms with van der Waals surface area (Å²) in [4.78, 5) is 10.5. The minimum absolute atomic E-state index is 0.0526. The molecule has 4 nitrogen and oxygen atoms in total. The first kappa shape index (κ1) is 13.7. The van der Waals surface area contributed by atoms with E-state index >= 15 is 0 Å². The van der Waals surface area contributed by atoms with Gasteiger partial charge in [0, 0.05) is 6.07 Å². The van der Waals surface area contributed by atoms with Crippen molar-refractivity contribution in [1.29, 1.82) is 0 Å². The Morgan fingerprint density at radius 3 is 2.47 bits per heavy atom. The smallest absolute Gasteiger partial charge is 0.309 e. The average Bonchev–Trinajstić information content (AvgIpc) is 2.14. The zero-order chi connectivity index (χ0) is 13.1. The summed E-state index contributed by atoms with van der Waals surface area (Å²) < 4.78 is 5.90. The Hall–Kier alpha value is -1.36. The highest BCUT2D eigenvalue weighted by molar-refractivity contribution is 6.71. The highest BCUT2D eigenvalue weighted by Gasteiger charge is 2.28. The van der Waals surface area contributed by atoms with Gasteiger partial charge in [-0.05, 0) is 31.1 Å². The summed E-state index contributed by atoms with van der Waals surface area (Å²) in [5.41, 5.74) is 0.0526. The summed E-state index contributed by atoms with van der Waals surface area (Å²) >= 11 is 0. The number of para-hydroxylation sites is 2. The molecule has 0 spiro atoms. The molecule has 17 heavy (non-hydrogen) atoms. The van der Waals surface area contributed by atoms with Crippen LogP contribution in [0, 0.1) is 16.0 Å².